The molecular weight excluding hydrogens is 185 g/mol. The maximum Gasteiger partial charge on any atom is 0.227 e. The summed E-state index contributed by atoms with van der Waals surface area (Å²) < 4.78 is 18.4. The van der Waals surface area contributed by atoms with Gasteiger partial charge in [0, 0.05) is 18.6 Å². The average molecular weight is 193 g/mol. The summed E-state index contributed by atoms with van der Waals surface area (Å²) >= 11 is 0. The van der Waals surface area contributed by atoms with Crippen LogP contribution in [0.25, 0.3) is 11.4 Å². The Balaban J connectivity index is 2.61. The van der Waals surface area contributed by atoms with E-state index in [9.17, 15) is 4.39 Å². The molecule has 0 bridgehead atoms. The van der Waals surface area contributed by atoms with Crippen LogP contribution in [0.2, 0.25) is 0 Å². The van der Waals surface area contributed by atoms with E-state index in [1.165, 1.54) is 13.3 Å². The first kappa shape index (κ1) is 8.68. The molecule has 2 heterocycles. The molecule has 0 atom stereocenters. The summed E-state index contributed by atoms with van der Waals surface area (Å²) in [7, 11) is 1.47. The van der Waals surface area contributed by atoms with Gasteiger partial charge in [0.1, 0.15) is 17.1 Å². The lowest BCUT2D eigenvalue weighted by atomic mass is 10.2. The zero-order valence-corrected chi connectivity index (χ0v) is 7.49. The molecule has 5 heteroatoms. The van der Waals surface area contributed by atoms with E-state index in [1.807, 2.05) is 0 Å². The second-order valence-corrected chi connectivity index (χ2v) is 2.62. The highest BCUT2D eigenvalue weighted by molar-refractivity contribution is 5.63. The van der Waals surface area contributed by atoms with Crippen molar-refractivity contribution in [1.29, 1.82) is 0 Å². The quantitative estimate of drug-likeness (QED) is 0.737. The summed E-state index contributed by atoms with van der Waals surface area (Å²) in [5.41, 5.74) is 0.250. The van der Waals surface area contributed by atoms with Crippen molar-refractivity contribution in [3.05, 3.63) is 30.6 Å². The minimum Gasteiger partial charge on any atom is -0.496 e. The van der Waals surface area contributed by atoms with E-state index in [1.54, 1.807) is 18.5 Å². The maximum atomic E-state index is 13.3. The SMILES string of the molecule is COc1ccnc(F)c1-c1ncc[nH]1. The molecular formula is C9H8FN3O. The fourth-order valence-corrected chi connectivity index (χ4v) is 1.21. The first-order valence-electron chi connectivity index (χ1n) is 4.01. The van der Waals surface area contributed by atoms with Crippen LogP contribution in [0.3, 0.4) is 0 Å². The maximum absolute atomic E-state index is 13.3. The van der Waals surface area contributed by atoms with Gasteiger partial charge in [-0.05, 0) is 6.07 Å². The van der Waals surface area contributed by atoms with Crippen LogP contribution in [0.4, 0.5) is 4.39 Å². The normalized spacial score (nSPS) is 10.1. The molecule has 0 aliphatic rings. The lowest BCUT2D eigenvalue weighted by Gasteiger charge is -2.05. The van der Waals surface area contributed by atoms with Gasteiger partial charge < -0.3 is 9.72 Å². The Bertz CT molecular complexity index is 428. The van der Waals surface area contributed by atoms with E-state index in [-0.39, 0.29) is 5.56 Å². The molecule has 0 saturated carbocycles. The number of rotatable bonds is 2. The molecule has 0 fully saturated rings. The zero-order chi connectivity index (χ0) is 9.97. The third-order valence-electron chi connectivity index (χ3n) is 1.82. The van der Waals surface area contributed by atoms with Crippen LogP contribution in [0, 0.1) is 5.95 Å². The fourth-order valence-electron chi connectivity index (χ4n) is 1.21. The standard InChI is InChI=1S/C9H8FN3O/c1-14-6-2-3-11-8(10)7(6)9-12-4-5-13-9/h2-5H,1H3,(H,12,13). The van der Waals surface area contributed by atoms with E-state index in [0.717, 1.165) is 0 Å². The molecule has 2 rings (SSSR count). The highest BCUT2D eigenvalue weighted by Crippen LogP contribution is 2.28. The number of aromatic amines is 1. The first-order valence-corrected chi connectivity index (χ1v) is 4.01. The number of ether oxygens (including phenoxy) is 1. The van der Waals surface area contributed by atoms with Gasteiger partial charge >= 0.3 is 0 Å². The number of imidazole rings is 1. The van der Waals surface area contributed by atoms with Gasteiger partial charge in [-0.1, -0.05) is 0 Å². The lowest BCUT2D eigenvalue weighted by molar-refractivity contribution is 0.411. The Labute approximate surface area is 79.8 Å². The Morgan fingerprint density at radius 1 is 1.36 bits per heavy atom. The van der Waals surface area contributed by atoms with Crippen LogP contribution in [-0.2, 0) is 0 Å². The van der Waals surface area contributed by atoms with Crippen LogP contribution in [0.1, 0.15) is 0 Å². The molecule has 14 heavy (non-hydrogen) atoms. The van der Waals surface area contributed by atoms with Gasteiger partial charge in [-0.3, -0.25) is 0 Å². The molecule has 1 N–H and O–H groups in total. The molecule has 0 unspecified atom stereocenters. The molecule has 0 aliphatic carbocycles. The highest BCUT2D eigenvalue weighted by atomic mass is 19.1. The molecule has 4 nitrogen and oxygen atoms in total. The molecule has 0 aromatic carbocycles. The summed E-state index contributed by atoms with van der Waals surface area (Å²) in [6.45, 7) is 0. The van der Waals surface area contributed by atoms with Crippen LogP contribution in [0.15, 0.2) is 24.7 Å². The van der Waals surface area contributed by atoms with Crippen LogP contribution >= 0.6 is 0 Å². The molecule has 0 spiro atoms. The van der Waals surface area contributed by atoms with Crippen LogP contribution in [0.5, 0.6) is 5.75 Å². The Morgan fingerprint density at radius 2 is 2.21 bits per heavy atom. The third kappa shape index (κ3) is 1.32. The van der Waals surface area contributed by atoms with E-state index < -0.39 is 5.95 Å². The number of nitrogens with one attached hydrogen (secondary N) is 1. The highest BCUT2D eigenvalue weighted by Gasteiger charge is 2.14. The van der Waals surface area contributed by atoms with Gasteiger partial charge in [0.05, 0.1) is 7.11 Å². The van der Waals surface area contributed by atoms with Crippen LogP contribution < -0.4 is 4.74 Å². The zero-order valence-electron chi connectivity index (χ0n) is 7.49. The predicted molar refractivity (Wildman–Crippen MR) is 48.3 cm³/mol. The third-order valence-corrected chi connectivity index (χ3v) is 1.82. The van der Waals surface area contributed by atoms with Gasteiger partial charge in [0.2, 0.25) is 5.95 Å². The Kier molecular flexibility index (Phi) is 2.14. The summed E-state index contributed by atoms with van der Waals surface area (Å²) in [6.07, 6.45) is 4.50. The van der Waals surface area contributed by atoms with E-state index in [4.69, 9.17) is 4.74 Å². The summed E-state index contributed by atoms with van der Waals surface area (Å²) in [6, 6.07) is 1.58. The molecule has 0 radical (unpaired) electrons. The van der Waals surface area contributed by atoms with Crippen LogP contribution in [-0.4, -0.2) is 22.1 Å². The topological polar surface area (TPSA) is 50.8 Å². The van der Waals surface area contributed by atoms with Crippen molar-refractivity contribution in [2.24, 2.45) is 0 Å². The van der Waals surface area contributed by atoms with E-state index in [0.29, 0.717) is 11.6 Å². The smallest absolute Gasteiger partial charge is 0.227 e. The van der Waals surface area contributed by atoms with E-state index in [2.05, 4.69) is 15.0 Å². The molecule has 0 aliphatic heterocycles. The number of methoxy groups -OCH3 is 1. The van der Waals surface area contributed by atoms with Gasteiger partial charge in [0.25, 0.3) is 0 Å². The molecule has 0 amide bonds. The molecule has 72 valence electrons. The average Bonchev–Trinajstić information content (AvgIpc) is 2.70. The summed E-state index contributed by atoms with van der Waals surface area (Å²) in [5, 5.41) is 0. The first-order chi connectivity index (χ1) is 6.83. The number of nitrogens with zero attached hydrogens (tertiary/aromatic N) is 2. The lowest BCUT2D eigenvalue weighted by Crippen LogP contribution is -1.95. The Hall–Kier alpha value is -1.91. The van der Waals surface area contributed by atoms with Gasteiger partial charge in [-0.15, -0.1) is 0 Å². The van der Waals surface area contributed by atoms with E-state index >= 15 is 0 Å². The molecule has 2 aromatic rings. The van der Waals surface area contributed by atoms with Crippen molar-refractivity contribution in [2.45, 2.75) is 0 Å². The van der Waals surface area contributed by atoms with Gasteiger partial charge in [-0.2, -0.15) is 4.39 Å². The van der Waals surface area contributed by atoms with Gasteiger partial charge in [0.15, 0.2) is 0 Å². The summed E-state index contributed by atoms with van der Waals surface area (Å²) in [5.74, 6) is 0.221. The number of hydrogen-bond acceptors (Lipinski definition) is 3. The fraction of sp³-hybridized carbons (Fsp3) is 0.111. The number of aromatic nitrogens is 3. The van der Waals surface area contributed by atoms with Gasteiger partial charge in [-0.25, -0.2) is 9.97 Å². The second-order valence-electron chi connectivity index (χ2n) is 2.62. The van der Waals surface area contributed by atoms with Crippen molar-refractivity contribution < 1.29 is 9.13 Å². The number of hydrogen-bond donors (Lipinski definition) is 1. The molecule has 0 saturated heterocycles. The van der Waals surface area contributed by atoms with Crippen molar-refractivity contribution in [3.8, 4) is 17.1 Å². The summed E-state index contributed by atoms with van der Waals surface area (Å²) in [4.78, 5) is 10.3. The van der Waals surface area contributed by atoms with Crippen molar-refractivity contribution >= 4 is 0 Å². The Morgan fingerprint density at radius 3 is 2.86 bits per heavy atom. The molecule has 2 aromatic heterocycles. The second kappa shape index (κ2) is 3.45. The minimum atomic E-state index is -0.598. The van der Waals surface area contributed by atoms with Crippen molar-refractivity contribution in [2.75, 3.05) is 7.11 Å². The van der Waals surface area contributed by atoms with Crippen molar-refractivity contribution in [1.82, 2.24) is 15.0 Å². The monoisotopic (exact) mass is 193 g/mol. The van der Waals surface area contributed by atoms with Crippen molar-refractivity contribution in [3.63, 3.8) is 0 Å². The predicted octanol–water partition coefficient (Wildman–Crippen LogP) is 1.62. The number of H-pyrrole nitrogens is 1. The minimum absolute atomic E-state index is 0.250. The largest absolute Gasteiger partial charge is 0.496 e. The number of pyridine rings is 1. The number of halogens is 1.